The molecule has 1 aromatic carbocycles. The van der Waals surface area contributed by atoms with E-state index in [1.54, 1.807) is 44.9 Å². The number of halogens is 2. The van der Waals surface area contributed by atoms with Crippen molar-refractivity contribution in [3.63, 3.8) is 0 Å². The highest BCUT2D eigenvalue weighted by Gasteiger charge is 2.34. The summed E-state index contributed by atoms with van der Waals surface area (Å²) in [4.78, 5) is 39.3. The molecule has 0 bridgehead atoms. The number of ether oxygens (including phenoxy) is 1. The zero-order valence-electron chi connectivity index (χ0n) is 26.0. The van der Waals surface area contributed by atoms with Gasteiger partial charge in [-0.1, -0.05) is 11.6 Å². The smallest absolute Gasteiger partial charge is 0.254 e. The van der Waals surface area contributed by atoms with Crippen LogP contribution in [0.3, 0.4) is 0 Å². The van der Waals surface area contributed by atoms with Crippen LogP contribution in [0.2, 0.25) is 0 Å². The lowest BCUT2D eigenvalue weighted by Gasteiger charge is -2.39. The summed E-state index contributed by atoms with van der Waals surface area (Å²) >= 11 is 6.42. The summed E-state index contributed by atoms with van der Waals surface area (Å²) in [5.74, 6) is -0.920. The number of carbonyl (C=O) groups excluding carboxylic acids is 2. The molecule has 0 spiro atoms. The van der Waals surface area contributed by atoms with E-state index in [2.05, 4.69) is 20.6 Å². The standard InChI is InChI=1S/C33H36ClFN8O4/c1-20-16-22(2-3-24(20)33(46)41-11-6-21(7-12-41)32(45)42-13-9-37-17-23(42)19-44)40-30-31-39-18-26(43(31)14-10-38-30)25-4-5-27(47-15-8-36)29(35)28(25)34/h2-3,5,10,14,16,18,21,23,25,37,44H,4,6-7,9,11-13,15,17,19H2,1H3,(H,38,40)/t23-,25?/m0/s1. The number of anilines is 2. The number of hydrogen-bond donors (Lipinski definition) is 3. The molecule has 3 aliphatic rings. The number of aliphatic hydroxyl groups excluding tert-OH is 1. The van der Waals surface area contributed by atoms with E-state index < -0.39 is 11.7 Å². The number of aliphatic hydroxyl groups is 1. The Balaban J connectivity index is 1.11. The molecule has 2 saturated heterocycles. The van der Waals surface area contributed by atoms with Gasteiger partial charge in [-0.05, 0) is 56.0 Å². The van der Waals surface area contributed by atoms with Gasteiger partial charge in [0.05, 0.1) is 29.6 Å². The number of amides is 2. The maximum atomic E-state index is 14.9. The molecule has 2 aromatic heterocycles. The molecule has 2 atom stereocenters. The lowest BCUT2D eigenvalue weighted by Crippen LogP contribution is -2.57. The number of allylic oxidation sites excluding steroid dienone is 3. The SMILES string of the molecule is Cc1cc(Nc2nccn3c(C4CC=C(OCC#N)C(F)=C4Cl)cnc23)ccc1C(=O)N1CCC(C(=O)N2CCNC[C@H]2CO)CC1. The predicted octanol–water partition coefficient (Wildman–Crippen LogP) is 3.76. The highest BCUT2D eigenvalue weighted by Crippen LogP contribution is 2.41. The molecular weight excluding hydrogens is 627 g/mol. The number of nitrogens with zero attached hydrogens (tertiary/aromatic N) is 6. The average molecular weight is 663 g/mol. The van der Waals surface area contributed by atoms with Gasteiger partial charge in [0, 0.05) is 68.2 Å². The second kappa shape index (κ2) is 14.1. The number of hydrogen-bond acceptors (Lipinski definition) is 9. The third-order valence-electron chi connectivity index (χ3n) is 9.07. The van der Waals surface area contributed by atoms with E-state index in [1.807, 2.05) is 25.1 Å². The minimum atomic E-state index is -0.699. The van der Waals surface area contributed by atoms with E-state index in [9.17, 15) is 19.1 Å². The summed E-state index contributed by atoms with van der Waals surface area (Å²) in [7, 11) is 0. The summed E-state index contributed by atoms with van der Waals surface area (Å²) in [5, 5.41) is 24.9. The van der Waals surface area contributed by atoms with Crippen LogP contribution in [-0.4, -0.2) is 93.1 Å². The normalized spacial score (nSPS) is 20.6. The van der Waals surface area contributed by atoms with Crippen LogP contribution in [0.1, 0.15) is 46.8 Å². The van der Waals surface area contributed by atoms with Gasteiger partial charge >= 0.3 is 0 Å². The first-order valence-corrected chi connectivity index (χ1v) is 16.0. The number of carbonyl (C=O) groups is 2. The number of likely N-dealkylation sites (tertiary alicyclic amines) is 1. The van der Waals surface area contributed by atoms with Gasteiger partial charge in [0.2, 0.25) is 5.91 Å². The first-order valence-electron chi connectivity index (χ1n) is 15.7. The molecule has 0 radical (unpaired) electrons. The quantitative estimate of drug-likeness (QED) is 0.328. The number of fused-ring (bicyclic) bond motifs is 1. The number of rotatable bonds is 8. The molecule has 1 aliphatic carbocycles. The van der Waals surface area contributed by atoms with Crippen molar-refractivity contribution in [1.82, 2.24) is 29.5 Å². The van der Waals surface area contributed by atoms with Crippen molar-refractivity contribution < 1.29 is 23.8 Å². The lowest BCUT2D eigenvalue weighted by molar-refractivity contribution is -0.141. The van der Waals surface area contributed by atoms with Crippen LogP contribution >= 0.6 is 11.6 Å². The van der Waals surface area contributed by atoms with Crippen LogP contribution in [0.15, 0.2) is 59.5 Å². The fourth-order valence-corrected chi connectivity index (χ4v) is 6.82. The van der Waals surface area contributed by atoms with Crippen molar-refractivity contribution >= 4 is 40.6 Å². The van der Waals surface area contributed by atoms with Crippen molar-refractivity contribution in [1.29, 1.82) is 5.26 Å². The fraction of sp³-hybridized carbons (Fsp3) is 0.424. The van der Waals surface area contributed by atoms with Crippen LogP contribution in [0.5, 0.6) is 0 Å². The van der Waals surface area contributed by atoms with Crippen LogP contribution < -0.4 is 10.6 Å². The molecular formula is C33H36ClFN8O4. The highest BCUT2D eigenvalue weighted by atomic mass is 35.5. The molecule has 3 aromatic rings. The van der Waals surface area contributed by atoms with E-state index in [-0.39, 0.29) is 47.8 Å². The number of nitrogens with one attached hydrogen (secondary N) is 2. The van der Waals surface area contributed by atoms with Crippen molar-refractivity contribution in [3.8, 4) is 6.07 Å². The Labute approximate surface area is 276 Å². The van der Waals surface area contributed by atoms with Crippen LogP contribution in [0.4, 0.5) is 15.9 Å². The van der Waals surface area contributed by atoms with Crippen LogP contribution in [0, 0.1) is 24.2 Å². The molecule has 2 amide bonds. The number of aryl methyl sites for hydroxylation is 1. The first kappa shape index (κ1) is 32.4. The number of piperazine rings is 1. The third-order valence-corrected chi connectivity index (χ3v) is 9.50. The largest absolute Gasteiger partial charge is 0.476 e. The number of imidazole rings is 1. The molecule has 47 heavy (non-hydrogen) atoms. The molecule has 14 heteroatoms. The number of piperidine rings is 1. The Bertz CT molecular complexity index is 1780. The van der Waals surface area contributed by atoms with E-state index in [4.69, 9.17) is 21.6 Å². The van der Waals surface area contributed by atoms with Crippen LogP contribution in [-0.2, 0) is 9.53 Å². The highest BCUT2D eigenvalue weighted by molar-refractivity contribution is 6.30. The molecule has 12 nitrogen and oxygen atoms in total. The minimum Gasteiger partial charge on any atom is -0.476 e. The zero-order chi connectivity index (χ0) is 33.1. The Morgan fingerprint density at radius 3 is 2.81 bits per heavy atom. The maximum absolute atomic E-state index is 14.9. The van der Waals surface area contributed by atoms with Crippen molar-refractivity contribution in [3.05, 3.63) is 76.3 Å². The molecule has 6 rings (SSSR count). The fourth-order valence-electron chi connectivity index (χ4n) is 6.52. The number of benzene rings is 1. The van der Waals surface area contributed by atoms with Gasteiger partial charge in [-0.3, -0.25) is 14.0 Å². The van der Waals surface area contributed by atoms with E-state index in [0.29, 0.717) is 80.4 Å². The molecule has 2 fully saturated rings. The van der Waals surface area contributed by atoms with Crippen molar-refractivity contribution in [2.24, 2.45) is 5.92 Å². The second-order valence-corrected chi connectivity index (χ2v) is 12.3. The van der Waals surface area contributed by atoms with E-state index >= 15 is 0 Å². The van der Waals surface area contributed by atoms with Crippen molar-refractivity contribution in [2.75, 3.05) is 51.3 Å². The lowest BCUT2D eigenvalue weighted by atomic mass is 9.93. The monoisotopic (exact) mass is 662 g/mol. The number of nitriles is 1. The Kier molecular flexibility index (Phi) is 9.72. The Hall–Kier alpha value is -4.51. The maximum Gasteiger partial charge on any atom is 0.254 e. The van der Waals surface area contributed by atoms with Gasteiger partial charge in [-0.25, -0.2) is 14.4 Å². The van der Waals surface area contributed by atoms with Gasteiger partial charge in [-0.2, -0.15) is 5.26 Å². The summed E-state index contributed by atoms with van der Waals surface area (Å²) in [6, 6.07) is 7.09. The second-order valence-electron chi connectivity index (χ2n) is 11.9. The van der Waals surface area contributed by atoms with Gasteiger partial charge in [0.15, 0.2) is 29.7 Å². The third kappa shape index (κ3) is 6.54. The van der Waals surface area contributed by atoms with E-state index in [0.717, 1.165) is 5.56 Å². The van der Waals surface area contributed by atoms with Crippen molar-refractivity contribution in [2.45, 2.75) is 38.1 Å². The molecule has 0 saturated carbocycles. The van der Waals surface area contributed by atoms with Gasteiger partial charge in [0.1, 0.15) is 6.07 Å². The van der Waals surface area contributed by atoms with Gasteiger partial charge in [0.25, 0.3) is 5.91 Å². The predicted molar refractivity (Wildman–Crippen MR) is 173 cm³/mol. The molecule has 3 N–H and O–H groups in total. The van der Waals surface area contributed by atoms with Gasteiger partial charge < -0.3 is 30.3 Å². The van der Waals surface area contributed by atoms with Crippen LogP contribution in [0.25, 0.3) is 5.65 Å². The topological polar surface area (TPSA) is 148 Å². The molecule has 2 aliphatic heterocycles. The number of aromatic nitrogens is 3. The summed E-state index contributed by atoms with van der Waals surface area (Å²) in [5.41, 5.74) is 3.28. The summed E-state index contributed by atoms with van der Waals surface area (Å²) in [6.07, 6.45) is 8.11. The molecule has 246 valence electrons. The average Bonchev–Trinajstić information content (AvgIpc) is 3.53. The summed E-state index contributed by atoms with van der Waals surface area (Å²) in [6.45, 7) is 4.41. The molecule has 1 unspecified atom stereocenters. The Morgan fingerprint density at radius 2 is 2.06 bits per heavy atom. The van der Waals surface area contributed by atoms with E-state index in [1.165, 1.54) is 0 Å². The molecule has 4 heterocycles. The first-order chi connectivity index (χ1) is 22.8. The minimum absolute atomic E-state index is 0.0184. The summed E-state index contributed by atoms with van der Waals surface area (Å²) < 4.78 is 21.9. The zero-order valence-corrected chi connectivity index (χ0v) is 26.7. The Morgan fingerprint density at radius 1 is 1.26 bits per heavy atom. The van der Waals surface area contributed by atoms with Gasteiger partial charge in [-0.15, -0.1) is 0 Å².